The van der Waals surface area contributed by atoms with E-state index in [-0.39, 0.29) is 0 Å². The molecule has 0 aliphatic carbocycles. The van der Waals surface area contributed by atoms with E-state index in [1.54, 1.807) is 6.20 Å². The van der Waals surface area contributed by atoms with Crippen molar-refractivity contribution in [2.24, 2.45) is 0 Å². The van der Waals surface area contributed by atoms with Crippen molar-refractivity contribution in [2.45, 2.75) is 6.54 Å². The van der Waals surface area contributed by atoms with Gasteiger partial charge in [0.2, 0.25) is 6.79 Å². The number of hydrogen-bond acceptors (Lipinski definition) is 5. The van der Waals surface area contributed by atoms with Crippen molar-refractivity contribution in [1.29, 1.82) is 0 Å². The number of nitrogen functional groups attached to an aromatic ring is 1. The van der Waals surface area contributed by atoms with Crippen molar-refractivity contribution < 1.29 is 9.47 Å². The number of pyridine rings is 1. The Labute approximate surface area is 105 Å². The zero-order valence-corrected chi connectivity index (χ0v) is 9.72. The van der Waals surface area contributed by atoms with E-state index in [1.807, 2.05) is 30.3 Å². The summed E-state index contributed by atoms with van der Waals surface area (Å²) in [6.07, 6.45) is 1.63. The molecule has 3 rings (SSSR count). The lowest BCUT2D eigenvalue weighted by atomic mass is 10.2. The molecule has 1 aliphatic heterocycles. The second-order valence-corrected chi connectivity index (χ2v) is 4.02. The van der Waals surface area contributed by atoms with Crippen LogP contribution in [0.5, 0.6) is 11.5 Å². The fraction of sp³-hybridized carbons (Fsp3) is 0.154. The SMILES string of the molecule is Nc1ccc(NCc2ccc3c(c2)OCO3)nc1. The van der Waals surface area contributed by atoms with Gasteiger partial charge in [-0.15, -0.1) is 0 Å². The molecule has 5 nitrogen and oxygen atoms in total. The molecule has 1 aliphatic rings. The highest BCUT2D eigenvalue weighted by Crippen LogP contribution is 2.32. The number of benzene rings is 1. The molecule has 0 saturated heterocycles. The molecule has 0 radical (unpaired) electrons. The second-order valence-electron chi connectivity index (χ2n) is 4.02. The average molecular weight is 243 g/mol. The monoisotopic (exact) mass is 243 g/mol. The third-order valence-corrected chi connectivity index (χ3v) is 2.70. The summed E-state index contributed by atoms with van der Waals surface area (Å²) in [5.74, 6) is 2.38. The van der Waals surface area contributed by atoms with Crippen LogP contribution in [0.1, 0.15) is 5.56 Å². The Balaban J connectivity index is 1.68. The molecule has 1 aromatic heterocycles. The Morgan fingerprint density at radius 2 is 2.06 bits per heavy atom. The summed E-state index contributed by atoms with van der Waals surface area (Å²) in [6.45, 7) is 0.972. The zero-order chi connectivity index (χ0) is 12.4. The van der Waals surface area contributed by atoms with E-state index >= 15 is 0 Å². The molecule has 0 atom stereocenters. The Morgan fingerprint density at radius 3 is 2.89 bits per heavy atom. The van der Waals surface area contributed by atoms with E-state index in [4.69, 9.17) is 15.2 Å². The fourth-order valence-electron chi connectivity index (χ4n) is 1.75. The molecule has 3 N–H and O–H groups in total. The highest BCUT2D eigenvalue weighted by Gasteiger charge is 2.12. The van der Waals surface area contributed by atoms with Crippen molar-refractivity contribution in [2.75, 3.05) is 17.8 Å². The highest BCUT2D eigenvalue weighted by atomic mass is 16.7. The van der Waals surface area contributed by atoms with Gasteiger partial charge >= 0.3 is 0 Å². The molecule has 92 valence electrons. The van der Waals surface area contributed by atoms with Gasteiger partial charge in [-0.3, -0.25) is 0 Å². The molecule has 5 heteroatoms. The first-order valence-corrected chi connectivity index (χ1v) is 5.65. The molecule has 18 heavy (non-hydrogen) atoms. The number of hydrogen-bond donors (Lipinski definition) is 2. The van der Waals surface area contributed by atoms with Gasteiger partial charge in [-0.1, -0.05) is 6.07 Å². The van der Waals surface area contributed by atoms with Gasteiger partial charge < -0.3 is 20.5 Å². The number of aromatic nitrogens is 1. The highest BCUT2D eigenvalue weighted by molar-refractivity contribution is 5.47. The lowest BCUT2D eigenvalue weighted by Gasteiger charge is -2.06. The van der Waals surface area contributed by atoms with E-state index in [1.165, 1.54) is 0 Å². The second kappa shape index (κ2) is 4.44. The van der Waals surface area contributed by atoms with Gasteiger partial charge in [-0.05, 0) is 29.8 Å². The van der Waals surface area contributed by atoms with Crippen LogP contribution in [0.25, 0.3) is 0 Å². The van der Waals surface area contributed by atoms with Crippen LogP contribution < -0.4 is 20.5 Å². The molecule has 1 aromatic carbocycles. The van der Waals surface area contributed by atoms with Gasteiger partial charge in [0.1, 0.15) is 5.82 Å². The van der Waals surface area contributed by atoms with E-state index < -0.39 is 0 Å². The lowest BCUT2D eigenvalue weighted by Crippen LogP contribution is -2.01. The summed E-state index contributed by atoms with van der Waals surface area (Å²) in [5, 5.41) is 3.22. The molecule has 0 bridgehead atoms. The molecule has 0 unspecified atom stereocenters. The van der Waals surface area contributed by atoms with Crippen molar-refractivity contribution in [1.82, 2.24) is 4.98 Å². The number of fused-ring (bicyclic) bond motifs is 1. The topological polar surface area (TPSA) is 69.4 Å². The molecular weight excluding hydrogens is 230 g/mol. The van der Waals surface area contributed by atoms with Crippen LogP contribution in [0.15, 0.2) is 36.5 Å². The largest absolute Gasteiger partial charge is 0.454 e. The molecule has 0 saturated carbocycles. The summed E-state index contributed by atoms with van der Waals surface area (Å²) in [5.41, 5.74) is 7.34. The van der Waals surface area contributed by atoms with Crippen molar-refractivity contribution >= 4 is 11.5 Å². The summed E-state index contributed by atoms with van der Waals surface area (Å²) in [6, 6.07) is 9.54. The predicted octanol–water partition coefficient (Wildman–Crippen LogP) is 2.00. The quantitative estimate of drug-likeness (QED) is 0.863. The standard InChI is InChI=1S/C13H13N3O2/c14-10-2-4-13(16-7-10)15-6-9-1-3-11-12(5-9)18-8-17-11/h1-5,7H,6,8,14H2,(H,15,16). The van der Waals surface area contributed by atoms with E-state index in [2.05, 4.69) is 10.3 Å². The van der Waals surface area contributed by atoms with Crippen molar-refractivity contribution in [3.8, 4) is 11.5 Å². The third kappa shape index (κ3) is 2.15. The average Bonchev–Trinajstić information content (AvgIpc) is 2.85. The molecule has 0 amide bonds. The minimum absolute atomic E-state index is 0.297. The van der Waals surface area contributed by atoms with E-state index in [0.717, 1.165) is 22.9 Å². The number of rotatable bonds is 3. The first-order valence-electron chi connectivity index (χ1n) is 5.65. The molecule has 0 spiro atoms. The van der Waals surface area contributed by atoms with Crippen LogP contribution in [0.2, 0.25) is 0 Å². The Kier molecular flexibility index (Phi) is 2.64. The van der Waals surface area contributed by atoms with Crippen LogP contribution in [0.3, 0.4) is 0 Å². The first kappa shape index (κ1) is 10.7. The van der Waals surface area contributed by atoms with Gasteiger partial charge in [0.15, 0.2) is 11.5 Å². The van der Waals surface area contributed by atoms with E-state index in [0.29, 0.717) is 19.0 Å². The van der Waals surface area contributed by atoms with Crippen LogP contribution >= 0.6 is 0 Å². The van der Waals surface area contributed by atoms with Crippen LogP contribution in [-0.4, -0.2) is 11.8 Å². The van der Waals surface area contributed by atoms with E-state index in [9.17, 15) is 0 Å². The van der Waals surface area contributed by atoms with Crippen molar-refractivity contribution in [3.63, 3.8) is 0 Å². The third-order valence-electron chi connectivity index (χ3n) is 2.70. The van der Waals surface area contributed by atoms with Gasteiger partial charge in [0.05, 0.1) is 11.9 Å². The first-order chi connectivity index (χ1) is 8.81. The maximum Gasteiger partial charge on any atom is 0.231 e. The minimum atomic E-state index is 0.297. The predicted molar refractivity (Wildman–Crippen MR) is 68.5 cm³/mol. The maximum atomic E-state index is 5.57. The van der Waals surface area contributed by atoms with Crippen molar-refractivity contribution in [3.05, 3.63) is 42.1 Å². The minimum Gasteiger partial charge on any atom is -0.454 e. The fourth-order valence-corrected chi connectivity index (χ4v) is 1.75. The van der Waals surface area contributed by atoms with Gasteiger partial charge in [-0.25, -0.2) is 4.98 Å². The maximum absolute atomic E-state index is 5.57. The van der Waals surface area contributed by atoms with Crippen LogP contribution in [-0.2, 0) is 6.54 Å². The van der Waals surface area contributed by atoms with Crippen LogP contribution in [0, 0.1) is 0 Å². The Morgan fingerprint density at radius 1 is 1.17 bits per heavy atom. The normalized spacial score (nSPS) is 12.4. The smallest absolute Gasteiger partial charge is 0.231 e. The molecule has 2 heterocycles. The summed E-state index contributed by atoms with van der Waals surface area (Å²) in [7, 11) is 0. The number of nitrogens with zero attached hydrogens (tertiary/aromatic N) is 1. The Bertz CT molecular complexity index is 555. The number of ether oxygens (including phenoxy) is 2. The summed E-state index contributed by atoms with van der Waals surface area (Å²) in [4.78, 5) is 4.17. The van der Waals surface area contributed by atoms with Gasteiger partial charge in [0.25, 0.3) is 0 Å². The summed E-state index contributed by atoms with van der Waals surface area (Å²) >= 11 is 0. The van der Waals surface area contributed by atoms with Gasteiger partial charge in [-0.2, -0.15) is 0 Å². The zero-order valence-electron chi connectivity index (χ0n) is 9.72. The van der Waals surface area contributed by atoms with Crippen LogP contribution in [0.4, 0.5) is 11.5 Å². The number of anilines is 2. The Hall–Kier alpha value is -2.43. The lowest BCUT2D eigenvalue weighted by molar-refractivity contribution is 0.174. The molecule has 0 fully saturated rings. The molecule has 2 aromatic rings. The molecular formula is C13H13N3O2. The number of nitrogens with one attached hydrogen (secondary N) is 1. The summed E-state index contributed by atoms with van der Waals surface area (Å²) < 4.78 is 10.6. The number of nitrogens with two attached hydrogens (primary N) is 1. The van der Waals surface area contributed by atoms with Gasteiger partial charge in [0, 0.05) is 6.54 Å².